The van der Waals surface area contributed by atoms with Gasteiger partial charge in [0.2, 0.25) is 11.8 Å². The van der Waals surface area contributed by atoms with Gasteiger partial charge in [-0.15, -0.1) is 34.0 Å². The summed E-state index contributed by atoms with van der Waals surface area (Å²) in [5, 5.41) is 12.6. The van der Waals surface area contributed by atoms with E-state index in [9.17, 15) is 14.4 Å². The molecule has 3 heterocycles. The second-order valence-corrected chi connectivity index (χ2v) is 9.85. The summed E-state index contributed by atoms with van der Waals surface area (Å²) in [7, 11) is 0. The number of carbonyl (C=O) groups excluding carboxylic acids is 3. The van der Waals surface area contributed by atoms with Crippen molar-refractivity contribution in [3.05, 3.63) is 44.8 Å². The van der Waals surface area contributed by atoms with Crippen molar-refractivity contribution in [1.29, 1.82) is 0 Å². The lowest BCUT2D eigenvalue weighted by Gasteiger charge is -2.20. The fraction of sp³-hybridized carbons (Fsp3) is 0.300. The van der Waals surface area contributed by atoms with E-state index in [0.29, 0.717) is 16.6 Å². The van der Waals surface area contributed by atoms with Crippen molar-refractivity contribution in [2.24, 2.45) is 5.92 Å². The highest BCUT2D eigenvalue weighted by Crippen LogP contribution is 2.31. The summed E-state index contributed by atoms with van der Waals surface area (Å²) >= 11 is 4.20. The third-order valence-corrected chi connectivity index (χ3v) is 6.87. The van der Waals surface area contributed by atoms with Gasteiger partial charge in [0, 0.05) is 17.2 Å². The Morgan fingerprint density at radius 2 is 1.93 bits per heavy atom. The molecule has 30 heavy (non-hydrogen) atoms. The maximum Gasteiger partial charge on any atom is 0.262 e. The number of thiophene rings is 2. The second-order valence-electron chi connectivity index (χ2n) is 6.88. The number of nitrogens with zero attached hydrogens (tertiary/aromatic N) is 1. The van der Waals surface area contributed by atoms with Crippen molar-refractivity contribution in [2.75, 3.05) is 5.32 Å². The number of thiazole rings is 1. The van der Waals surface area contributed by atoms with E-state index in [2.05, 4.69) is 20.9 Å². The minimum atomic E-state index is -0.669. The fourth-order valence-electron chi connectivity index (χ4n) is 2.60. The molecule has 0 aromatic carbocycles. The van der Waals surface area contributed by atoms with Gasteiger partial charge in [0.15, 0.2) is 5.13 Å². The smallest absolute Gasteiger partial charge is 0.262 e. The topological polar surface area (TPSA) is 100 Å². The Kier molecular flexibility index (Phi) is 7.35. The summed E-state index contributed by atoms with van der Waals surface area (Å²) in [6.45, 7) is 5.73. The highest BCUT2D eigenvalue weighted by atomic mass is 32.1. The molecule has 0 bridgehead atoms. The van der Waals surface area contributed by atoms with E-state index in [1.807, 2.05) is 36.7 Å². The largest absolute Gasteiger partial charge is 0.351 e. The molecule has 0 aliphatic rings. The van der Waals surface area contributed by atoms with Crippen LogP contribution in [0.1, 0.15) is 35.3 Å². The van der Waals surface area contributed by atoms with Crippen LogP contribution in [0.3, 0.4) is 0 Å². The van der Waals surface area contributed by atoms with Crippen LogP contribution in [-0.2, 0) is 16.1 Å². The number of anilines is 1. The summed E-state index contributed by atoms with van der Waals surface area (Å²) in [5.74, 6) is -0.714. The monoisotopic (exact) mass is 462 g/mol. The van der Waals surface area contributed by atoms with E-state index in [1.54, 1.807) is 12.1 Å². The zero-order valence-electron chi connectivity index (χ0n) is 16.7. The highest BCUT2D eigenvalue weighted by molar-refractivity contribution is 7.17. The normalized spacial score (nSPS) is 11.9. The van der Waals surface area contributed by atoms with Crippen molar-refractivity contribution >= 4 is 56.9 Å². The number of hydrogen-bond acceptors (Lipinski definition) is 7. The van der Waals surface area contributed by atoms with Gasteiger partial charge in [0.1, 0.15) is 6.04 Å². The Morgan fingerprint density at radius 1 is 1.13 bits per heavy atom. The van der Waals surface area contributed by atoms with Crippen LogP contribution < -0.4 is 16.0 Å². The summed E-state index contributed by atoms with van der Waals surface area (Å²) in [4.78, 5) is 43.2. The van der Waals surface area contributed by atoms with Gasteiger partial charge in [-0.3, -0.25) is 14.4 Å². The van der Waals surface area contributed by atoms with Crippen LogP contribution in [0.2, 0.25) is 0 Å². The third kappa shape index (κ3) is 5.74. The standard InChI is InChI=1S/C20H22N4O3S3/c1-11(2)17(23-18(26)16-5-4-8-28-16)19(27)24-20-22-14(10-29-20)15-7-6-13(30-15)9-21-12(3)25/h4-8,10-11,17H,9H2,1-3H3,(H,21,25)(H,23,26)(H,22,24,27). The lowest BCUT2D eigenvalue weighted by atomic mass is 10.0. The van der Waals surface area contributed by atoms with Crippen molar-refractivity contribution < 1.29 is 14.4 Å². The molecule has 1 unspecified atom stereocenters. The average Bonchev–Trinajstić information content (AvgIpc) is 3.45. The molecule has 0 radical (unpaired) electrons. The van der Waals surface area contributed by atoms with Crippen LogP contribution >= 0.6 is 34.0 Å². The Hall–Kier alpha value is -2.56. The number of hydrogen-bond donors (Lipinski definition) is 3. The van der Waals surface area contributed by atoms with Gasteiger partial charge in [-0.2, -0.15) is 0 Å². The molecule has 0 fully saturated rings. The van der Waals surface area contributed by atoms with Crippen molar-refractivity contribution in [3.8, 4) is 10.6 Å². The fourth-order valence-corrected chi connectivity index (χ4v) is 4.93. The van der Waals surface area contributed by atoms with E-state index in [0.717, 1.165) is 15.4 Å². The van der Waals surface area contributed by atoms with E-state index in [-0.39, 0.29) is 23.6 Å². The maximum absolute atomic E-state index is 12.8. The Morgan fingerprint density at radius 3 is 2.60 bits per heavy atom. The van der Waals surface area contributed by atoms with E-state index < -0.39 is 6.04 Å². The van der Waals surface area contributed by atoms with Crippen LogP contribution in [-0.4, -0.2) is 28.7 Å². The molecule has 158 valence electrons. The maximum atomic E-state index is 12.8. The van der Waals surface area contributed by atoms with Crippen LogP contribution in [0.15, 0.2) is 35.0 Å². The first-order valence-electron chi connectivity index (χ1n) is 9.27. The molecule has 1 atom stereocenters. The Balaban J connectivity index is 1.64. The van der Waals surface area contributed by atoms with Gasteiger partial charge in [-0.1, -0.05) is 19.9 Å². The Labute approximate surface area is 186 Å². The molecular formula is C20H22N4O3S3. The minimum Gasteiger partial charge on any atom is -0.351 e. The minimum absolute atomic E-state index is 0.0746. The summed E-state index contributed by atoms with van der Waals surface area (Å²) < 4.78 is 0. The summed E-state index contributed by atoms with van der Waals surface area (Å²) in [6.07, 6.45) is 0. The van der Waals surface area contributed by atoms with Crippen molar-refractivity contribution in [1.82, 2.24) is 15.6 Å². The first-order valence-corrected chi connectivity index (χ1v) is 11.9. The molecule has 0 saturated carbocycles. The SMILES string of the molecule is CC(=O)NCc1ccc(-c2csc(NC(=O)C(NC(=O)c3cccs3)C(C)C)n2)s1. The predicted molar refractivity (Wildman–Crippen MR) is 122 cm³/mol. The first-order chi connectivity index (χ1) is 14.3. The third-order valence-electron chi connectivity index (χ3n) is 4.14. The molecule has 10 heteroatoms. The van der Waals surface area contributed by atoms with Crippen LogP contribution in [0, 0.1) is 5.92 Å². The molecule has 0 aliphatic carbocycles. The molecule has 3 aromatic heterocycles. The molecule has 3 amide bonds. The molecule has 7 nitrogen and oxygen atoms in total. The number of carbonyl (C=O) groups is 3. The van der Waals surface area contributed by atoms with Crippen LogP contribution in [0.25, 0.3) is 10.6 Å². The van der Waals surface area contributed by atoms with E-state index in [4.69, 9.17) is 0 Å². The van der Waals surface area contributed by atoms with Crippen LogP contribution in [0.4, 0.5) is 5.13 Å². The number of amides is 3. The lowest BCUT2D eigenvalue weighted by Crippen LogP contribution is -2.46. The number of rotatable bonds is 8. The first kappa shape index (κ1) is 22.1. The van der Waals surface area contributed by atoms with Gasteiger partial charge in [-0.05, 0) is 29.5 Å². The van der Waals surface area contributed by atoms with Gasteiger partial charge in [0.25, 0.3) is 5.91 Å². The zero-order valence-corrected chi connectivity index (χ0v) is 19.2. The molecule has 3 N–H and O–H groups in total. The molecule has 0 spiro atoms. The number of nitrogens with one attached hydrogen (secondary N) is 3. The van der Waals surface area contributed by atoms with Gasteiger partial charge in [-0.25, -0.2) is 4.98 Å². The molecule has 0 aliphatic heterocycles. The van der Waals surface area contributed by atoms with Crippen molar-refractivity contribution in [3.63, 3.8) is 0 Å². The molecular weight excluding hydrogens is 440 g/mol. The van der Waals surface area contributed by atoms with Crippen LogP contribution in [0.5, 0.6) is 0 Å². The molecule has 3 aromatic rings. The van der Waals surface area contributed by atoms with Gasteiger partial charge < -0.3 is 16.0 Å². The molecule has 3 rings (SSSR count). The average molecular weight is 463 g/mol. The second kappa shape index (κ2) is 9.96. The predicted octanol–water partition coefficient (Wildman–Crippen LogP) is 3.96. The quantitative estimate of drug-likeness (QED) is 0.472. The van der Waals surface area contributed by atoms with Crippen molar-refractivity contribution in [2.45, 2.75) is 33.4 Å². The van der Waals surface area contributed by atoms with E-state index in [1.165, 1.54) is 40.9 Å². The van der Waals surface area contributed by atoms with Gasteiger partial charge in [0.05, 0.1) is 22.0 Å². The highest BCUT2D eigenvalue weighted by Gasteiger charge is 2.26. The summed E-state index contributed by atoms with van der Waals surface area (Å²) in [6, 6.07) is 6.75. The van der Waals surface area contributed by atoms with E-state index >= 15 is 0 Å². The van der Waals surface area contributed by atoms with Gasteiger partial charge >= 0.3 is 0 Å². The number of aromatic nitrogens is 1. The Bertz CT molecular complexity index is 1020. The molecule has 0 saturated heterocycles. The zero-order chi connectivity index (χ0) is 21.7. The summed E-state index contributed by atoms with van der Waals surface area (Å²) in [5.41, 5.74) is 0.762. The lowest BCUT2D eigenvalue weighted by molar-refractivity contribution is -0.119.